The van der Waals surface area contributed by atoms with Crippen LogP contribution >= 0.6 is 0 Å². The van der Waals surface area contributed by atoms with Crippen LogP contribution in [-0.4, -0.2) is 19.9 Å². The molecule has 2 spiro atoms. The van der Waals surface area contributed by atoms with Gasteiger partial charge in [0.05, 0.1) is 33.6 Å². The number of nitrogens with zero attached hydrogens (tertiary/aromatic N) is 4. The van der Waals surface area contributed by atoms with Crippen molar-refractivity contribution in [1.29, 1.82) is 0 Å². The van der Waals surface area contributed by atoms with Gasteiger partial charge in [-0.15, -0.1) is 0 Å². The van der Waals surface area contributed by atoms with Gasteiger partial charge in [-0.05, 0) is 205 Å². The Morgan fingerprint density at radius 2 is 0.468 bits per heavy atom. The van der Waals surface area contributed by atoms with E-state index in [4.69, 9.17) is 28.8 Å². The summed E-state index contributed by atoms with van der Waals surface area (Å²) in [7, 11) is 0. The average molecular weight is 1580 g/mol. The van der Waals surface area contributed by atoms with E-state index >= 15 is 0 Å². The van der Waals surface area contributed by atoms with Crippen LogP contribution in [0.3, 0.4) is 0 Å². The smallest absolute Gasteiger partial charge is 0.160 e. The minimum Gasteiger partial charge on any atom is -0.456 e. The highest BCUT2D eigenvalue weighted by molar-refractivity contribution is 6.11. The molecule has 0 saturated carbocycles. The van der Waals surface area contributed by atoms with Gasteiger partial charge < -0.3 is 8.83 Å². The molecule has 18 aromatic carbocycles. The molecule has 124 heavy (non-hydrogen) atoms. The van der Waals surface area contributed by atoms with Gasteiger partial charge in [-0.1, -0.05) is 364 Å². The van der Waals surface area contributed by atoms with Crippen molar-refractivity contribution in [1.82, 2.24) is 19.9 Å². The third-order valence-electron chi connectivity index (χ3n) is 26.9. The highest BCUT2D eigenvalue weighted by atomic mass is 16.3. The first kappa shape index (κ1) is 69.6. The van der Waals surface area contributed by atoms with Crippen molar-refractivity contribution in [2.45, 2.75) is 10.8 Å². The van der Waals surface area contributed by atoms with Crippen LogP contribution in [0.1, 0.15) is 44.5 Å². The Balaban J connectivity index is 0.554. The molecule has 0 fully saturated rings. The summed E-state index contributed by atoms with van der Waals surface area (Å²) >= 11 is 0. The Bertz CT molecular complexity index is 8140. The third kappa shape index (κ3) is 10.3. The van der Waals surface area contributed by atoms with E-state index in [1.54, 1.807) is 0 Å². The predicted molar refractivity (Wildman–Crippen MR) is 505 cm³/mol. The Labute approximate surface area is 715 Å². The highest BCUT2D eigenvalue weighted by Gasteiger charge is 2.52. The molecule has 22 aromatic rings. The van der Waals surface area contributed by atoms with Crippen LogP contribution in [0, 0.1) is 0 Å². The molecule has 0 N–H and O–H groups in total. The fourth-order valence-electron chi connectivity index (χ4n) is 21.3. The topological polar surface area (TPSA) is 77.8 Å². The first-order valence-electron chi connectivity index (χ1n) is 42.5. The molecule has 4 heterocycles. The van der Waals surface area contributed by atoms with E-state index in [2.05, 4.69) is 413 Å². The summed E-state index contributed by atoms with van der Waals surface area (Å²) in [5.41, 5.74) is 41.9. The largest absolute Gasteiger partial charge is 0.456 e. The molecule has 0 bridgehead atoms. The second-order valence-corrected chi connectivity index (χ2v) is 33.2. The zero-order chi connectivity index (χ0) is 81.3. The summed E-state index contributed by atoms with van der Waals surface area (Å²) in [6.45, 7) is 0. The molecule has 6 heteroatoms. The summed E-state index contributed by atoms with van der Waals surface area (Å²) in [6, 6.07) is 155. The monoisotopic (exact) mass is 1570 g/mol. The van der Waals surface area contributed by atoms with E-state index in [1.165, 1.54) is 111 Å². The number of fused-ring (bicyclic) bond motifs is 30. The van der Waals surface area contributed by atoms with Gasteiger partial charge in [-0.25, -0.2) is 19.9 Å². The zero-order valence-electron chi connectivity index (χ0n) is 67.0. The van der Waals surface area contributed by atoms with Gasteiger partial charge in [0, 0.05) is 54.9 Å². The number of benzene rings is 18. The molecule has 4 aromatic heterocycles. The average Bonchev–Trinajstić information content (AvgIpc) is 1.52. The summed E-state index contributed by atoms with van der Waals surface area (Å²) in [5, 5.41) is 4.17. The second kappa shape index (κ2) is 27.1. The van der Waals surface area contributed by atoms with E-state index < -0.39 is 10.8 Å². The van der Waals surface area contributed by atoms with Gasteiger partial charge in [-0.3, -0.25) is 0 Å². The number of hydrogen-bond acceptors (Lipinski definition) is 6. The number of aromatic nitrogens is 4. The molecule has 574 valence electrons. The third-order valence-corrected chi connectivity index (χ3v) is 26.9. The first-order chi connectivity index (χ1) is 61.4. The molecule has 0 atom stereocenters. The molecule has 0 saturated heterocycles. The van der Waals surface area contributed by atoms with Crippen LogP contribution in [0.15, 0.2) is 433 Å². The Kier molecular flexibility index (Phi) is 15.2. The van der Waals surface area contributed by atoms with Gasteiger partial charge in [0.1, 0.15) is 22.3 Å². The van der Waals surface area contributed by atoms with Crippen molar-refractivity contribution < 1.29 is 8.83 Å². The Morgan fingerprint density at radius 3 is 0.944 bits per heavy atom. The molecular formula is C118H70N4O2. The fourth-order valence-corrected chi connectivity index (χ4v) is 21.3. The lowest BCUT2D eigenvalue weighted by Gasteiger charge is -2.35. The normalized spacial score (nSPS) is 13.1. The van der Waals surface area contributed by atoms with Crippen molar-refractivity contribution in [2.24, 2.45) is 0 Å². The standard InChI is InChI=1S/C118H70N4O2/c1-2-23-71(24-3-1)72-49-53-76(54-50-72)107-69-109(121-115(119-107)80-58-61-92-84-27-6-4-25-82(84)86-29-8-15-38-99(86)117(105(92)66-80)101-40-17-10-31-88(101)89-32-11-18-41-102(89)117)79-57-63-95-98-65-78(60-64-112(98)123-113(95)68-79)75-47-45-73(46-48-75)74-51-55-77(56-52-74)108-70-110(97-37-22-36-96-94-35-14-21-44-111(94)124-114(96)97)122-116(120-108)81-59-62-93-85-28-7-5-26-83(85)87-30-9-16-39-100(87)118(106(93)67-81)103-42-19-12-33-90(103)91-34-13-20-43-104(91)118/h1-70H. The number of para-hydroxylation sites is 2. The summed E-state index contributed by atoms with van der Waals surface area (Å²) < 4.78 is 13.6. The van der Waals surface area contributed by atoms with Crippen LogP contribution in [0.5, 0.6) is 0 Å². The maximum absolute atomic E-state index is 6.87. The van der Waals surface area contributed by atoms with E-state index in [9.17, 15) is 0 Å². The van der Waals surface area contributed by atoms with Crippen LogP contribution in [0.2, 0.25) is 0 Å². The van der Waals surface area contributed by atoms with Gasteiger partial charge in [0.15, 0.2) is 11.6 Å². The van der Waals surface area contributed by atoms with E-state index in [1.807, 2.05) is 12.1 Å². The summed E-state index contributed by atoms with van der Waals surface area (Å²) in [6.07, 6.45) is 0. The van der Waals surface area contributed by atoms with E-state index in [0.717, 1.165) is 133 Å². The quantitative estimate of drug-likeness (QED) is 0.143. The molecular weight excluding hydrogens is 1510 g/mol. The zero-order valence-corrected chi connectivity index (χ0v) is 67.0. The second-order valence-electron chi connectivity index (χ2n) is 33.2. The fraction of sp³-hybridized carbons (Fsp3) is 0.0169. The maximum Gasteiger partial charge on any atom is 0.160 e. The maximum atomic E-state index is 6.87. The minimum absolute atomic E-state index is 0.621. The first-order valence-corrected chi connectivity index (χ1v) is 42.5. The van der Waals surface area contributed by atoms with Crippen molar-refractivity contribution >= 4 is 43.9 Å². The number of rotatable bonds is 9. The van der Waals surface area contributed by atoms with Crippen LogP contribution in [0.25, 0.3) is 212 Å². The van der Waals surface area contributed by atoms with E-state index in [-0.39, 0.29) is 0 Å². The SMILES string of the molecule is c1ccc(-c2ccc(-c3cc(-c4ccc5c(c4)oc4ccc(-c6ccc(-c7ccc(-c8cc(-c9cccc%10c9oc9ccccc9%10)nc(-c9ccc%10c(c9)C9(c%11ccccc%11-c%11ccccc%11-%10)c%10ccccc%10-c%10ccccc%109)n8)cc7)cc6)cc45)nc(-c4ccc5c(c4)C4(c6ccccc6-c6ccccc6-5)c5ccccc5-c5ccccc54)n3)cc2)cc1. The van der Waals surface area contributed by atoms with Crippen LogP contribution in [0.4, 0.5) is 0 Å². The molecule has 0 aliphatic heterocycles. The van der Waals surface area contributed by atoms with Crippen molar-refractivity contribution in [3.8, 4) is 168 Å². The molecule has 4 aliphatic carbocycles. The lowest BCUT2D eigenvalue weighted by molar-refractivity contribution is 0.669. The van der Waals surface area contributed by atoms with Crippen molar-refractivity contribution in [2.75, 3.05) is 0 Å². The lowest BCUT2D eigenvalue weighted by Crippen LogP contribution is -2.29. The molecule has 0 amide bonds. The Morgan fingerprint density at radius 1 is 0.153 bits per heavy atom. The van der Waals surface area contributed by atoms with Crippen molar-refractivity contribution in [3.63, 3.8) is 0 Å². The number of furan rings is 2. The summed E-state index contributed by atoms with van der Waals surface area (Å²) in [4.78, 5) is 22.4. The predicted octanol–water partition coefficient (Wildman–Crippen LogP) is 30.1. The van der Waals surface area contributed by atoms with Gasteiger partial charge >= 0.3 is 0 Å². The minimum atomic E-state index is -0.672. The lowest BCUT2D eigenvalue weighted by atomic mass is 9.65. The highest BCUT2D eigenvalue weighted by Crippen LogP contribution is 2.64. The molecule has 26 rings (SSSR count). The van der Waals surface area contributed by atoms with Crippen molar-refractivity contribution in [3.05, 3.63) is 469 Å². The van der Waals surface area contributed by atoms with Crippen LogP contribution < -0.4 is 0 Å². The molecule has 0 radical (unpaired) electrons. The number of hydrogen-bond donors (Lipinski definition) is 0. The molecule has 0 unspecified atom stereocenters. The van der Waals surface area contributed by atoms with Crippen LogP contribution in [-0.2, 0) is 10.8 Å². The Hall–Kier alpha value is -16.3. The van der Waals surface area contributed by atoms with Gasteiger partial charge in [0.2, 0.25) is 0 Å². The van der Waals surface area contributed by atoms with Gasteiger partial charge in [-0.2, -0.15) is 0 Å². The molecule has 4 aliphatic rings. The summed E-state index contributed by atoms with van der Waals surface area (Å²) in [5.74, 6) is 1.25. The van der Waals surface area contributed by atoms with E-state index in [0.29, 0.717) is 11.6 Å². The van der Waals surface area contributed by atoms with Gasteiger partial charge in [0.25, 0.3) is 0 Å². The molecule has 6 nitrogen and oxygen atoms in total.